The third-order valence-corrected chi connectivity index (χ3v) is 3.97. The van der Waals surface area contributed by atoms with Crippen molar-refractivity contribution < 1.29 is 19.1 Å². The van der Waals surface area contributed by atoms with E-state index in [0.717, 1.165) is 12.0 Å². The van der Waals surface area contributed by atoms with Crippen LogP contribution in [0.4, 0.5) is 0 Å². The van der Waals surface area contributed by atoms with Gasteiger partial charge in [-0.3, -0.25) is 0 Å². The van der Waals surface area contributed by atoms with E-state index in [2.05, 4.69) is 0 Å². The Morgan fingerprint density at radius 2 is 1.33 bits per heavy atom. The summed E-state index contributed by atoms with van der Waals surface area (Å²) in [4.78, 5) is 22.5. The number of carbonyl (C=O) groups excluding carboxylic acids is 2. The molecule has 0 aliphatic rings. The van der Waals surface area contributed by atoms with Gasteiger partial charge in [-0.25, -0.2) is 9.59 Å². The molecule has 0 bridgehead atoms. The van der Waals surface area contributed by atoms with Crippen LogP contribution in [-0.2, 0) is 20.7 Å². The van der Waals surface area contributed by atoms with E-state index < -0.39 is 0 Å². The Labute approximate surface area is 177 Å². The third kappa shape index (κ3) is 9.02. The summed E-state index contributed by atoms with van der Waals surface area (Å²) in [6.07, 6.45) is 3.96. The number of hydrogen-bond donors (Lipinski definition) is 0. The van der Waals surface area contributed by atoms with Crippen molar-refractivity contribution in [2.24, 2.45) is 0 Å². The van der Waals surface area contributed by atoms with Crippen molar-refractivity contribution in [1.82, 2.24) is 0 Å². The standard InChI is InChI=1S/C17H16O2.C9H10O2/c18-17(12-11-15-7-3-1-4-8-15)19-14-13-16-9-5-2-6-10-16;1-2-11-9(10)8-6-4-3-5-7-8/h1-12H,13-14H2;3-7H,2H2,1H3/b12-11+;. The molecule has 154 valence electrons. The highest BCUT2D eigenvalue weighted by Gasteiger charge is 2.02. The quantitative estimate of drug-likeness (QED) is 0.395. The van der Waals surface area contributed by atoms with Gasteiger partial charge in [-0.15, -0.1) is 0 Å². The first-order valence-corrected chi connectivity index (χ1v) is 9.85. The summed E-state index contributed by atoms with van der Waals surface area (Å²) in [5.74, 6) is -0.562. The third-order valence-electron chi connectivity index (χ3n) is 3.97. The van der Waals surface area contributed by atoms with E-state index in [-0.39, 0.29) is 11.9 Å². The topological polar surface area (TPSA) is 52.6 Å². The van der Waals surface area contributed by atoms with Gasteiger partial charge in [0.2, 0.25) is 0 Å². The van der Waals surface area contributed by atoms with E-state index >= 15 is 0 Å². The molecular formula is C26H26O4. The Kier molecular flexibility index (Phi) is 10.2. The molecule has 0 unspecified atom stereocenters. The number of rotatable bonds is 7. The molecule has 4 heteroatoms. The summed E-state index contributed by atoms with van der Waals surface area (Å²) in [6, 6.07) is 28.6. The van der Waals surface area contributed by atoms with E-state index in [1.807, 2.05) is 78.9 Å². The normalized spacial score (nSPS) is 10.0. The Morgan fingerprint density at radius 3 is 1.93 bits per heavy atom. The number of esters is 2. The second-order valence-corrected chi connectivity index (χ2v) is 6.23. The molecule has 0 atom stereocenters. The van der Waals surface area contributed by atoms with Crippen molar-refractivity contribution >= 4 is 18.0 Å². The van der Waals surface area contributed by atoms with Crippen LogP contribution >= 0.6 is 0 Å². The zero-order valence-electron chi connectivity index (χ0n) is 17.1. The zero-order valence-corrected chi connectivity index (χ0v) is 17.1. The first-order chi connectivity index (χ1) is 14.7. The van der Waals surface area contributed by atoms with Gasteiger partial charge < -0.3 is 9.47 Å². The molecule has 0 saturated carbocycles. The van der Waals surface area contributed by atoms with Crippen LogP contribution in [-0.4, -0.2) is 25.2 Å². The minimum atomic E-state index is -0.306. The van der Waals surface area contributed by atoms with Gasteiger partial charge in [0.25, 0.3) is 0 Å². The fraction of sp³-hybridized carbons (Fsp3) is 0.154. The average Bonchev–Trinajstić information content (AvgIpc) is 2.80. The Morgan fingerprint density at radius 1 is 0.767 bits per heavy atom. The number of ether oxygens (including phenoxy) is 2. The average molecular weight is 402 g/mol. The molecule has 0 fully saturated rings. The van der Waals surface area contributed by atoms with Crippen molar-refractivity contribution in [2.75, 3.05) is 13.2 Å². The molecule has 0 aliphatic carbocycles. The molecule has 0 heterocycles. The van der Waals surface area contributed by atoms with Crippen LogP contribution in [0, 0.1) is 0 Å². The number of benzene rings is 3. The van der Waals surface area contributed by atoms with Crippen molar-refractivity contribution in [1.29, 1.82) is 0 Å². The fourth-order valence-corrected chi connectivity index (χ4v) is 2.48. The molecular weight excluding hydrogens is 376 g/mol. The van der Waals surface area contributed by atoms with E-state index in [1.165, 1.54) is 11.6 Å². The molecule has 0 amide bonds. The van der Waals surface area contributed by atoms with Crippen molar-refractivity contribution in [3.8, 4) is 0 Å². The first-order valence-electron chi connectivity index (χ1n) is 9.85. The van der Waals surface area contributed by atoms with Gasteiger partial charge in [-0.1, -0.05) is 78.9 Å². The molecule has 3 aromatic carbocycles. The van der Waals surface area contributed by atoms with Crippen LogP contribution in [0.2, 0.25) is 0 Å². The second kappa shape index (κ2) is 13.5. The predicted molar refractivity (Wildman–Crippen MR) is 119 cm³/mol. The monoisotopic (exact) mass is 402 g/mol. The largest absolute Gasteiger partial charge is 0.462 e. The fourth-order valence-electron chi connectivity index (χ4n) is 2.48. The van der Waals surface area contributed by atoms with Crippen LogP contribution in [0.15, 0.2) is 97.1 Å². The van der Waals surface area contributed by atoms with E-state index in [1.54, 1.807) is 25.1 Å². The van der Waals surface area contributed by atoms with Crippen LogP contribution < -0.4 is 0 Å². The summed E-state index contributed by atoms with van der Waals surface area (Å²) in [6.45, 7) is 2.62. The van der Waals surface area contributed by atoms with Gasteiger partial charge >= 0.3 is 11.9 Å². The molecule has 0 aromatic heterocycles. The maximum Gasteiger partial charge on any atom is 0.338 e. The molecule has 30 heavy (non-hydrogen) atoms. The first kappa shape index (κ1) is 22.6. The van der Waals surface area contributed by atoms with Crippen molar-refractivity contribution in [3.05, 3.63) is 114 Å². The van der Waals surface area contributed by atoms with Crippen LogP contribution in [0.25, 0.3) is 6.08 Å². The Balaban J connectivity index is 0.000000248. The summed E-state index contributed by atoms with van der Waals surface area (Å²) < 4.78 is 9.93. The molecule has 3 aromatic rings. The van der Waals surface area contributed by atoms with Gasteiger partial charge in [0.15, 0.2) is 0 Å². The lowest BCUT2D eigenvalue weighted by Crippen LogP contribution is -2.04. The zero-order chi connectivity index (χ0) is 21.4. The maximum absolute atomic E-state index is 11.5. The predicted octanol–water partition coefficient (Wildman–Crippen LogP) is 5.35. The molecule has 0 N–H and O–H groups in total. The minimum Gasteiger partial charge on any atom is -0.462 e. The Bertz CT molecular complexity index is 904. The van der Waals surface area contributed by atoms with E-state index in [4.69, 9.17) is 9.47 Å². The van der Waals surface area contributed by atoms with Crippen LogP contribution in [0.1, 0.15) is 28.4 Å². The van der Waals surface area contributed by atoms with E-state index in [9.17, 15) is 9.59 Å². The maximum atomic E-state index is 11.5. The lowest BCUT2D eigenvalue weighted by atomic mass is 10.2. The molecule has 0 aliphatic heterocycles. The van der Waals surface area contributed by atoms with Crippen LogP contribution in [0.5, 0.6) is 0 Å². The van der Waals surface area contributed by atoms with Gasteiger partial charge in [-0.2, -0.15) is 0 Å². The summed E-state index contributed by atoms with van der Waals surface area (Å²) >= 11 is 0. The molecule has 4 nitrogen and oxygen atoms in total. The smallest absolute Gasteiger partial charge is 0.338 e. The van der Waals surface area contributed by atoms with Gasteiger partial charge in [0.1, 0.15) is 0 Å². The molecule has 3 rings (SSSR count). The second-order valence-electron chi connectivity index (χ2n) is 6.23. The Hall–Kier alpha value is -3.66. The van der Waals surface area contributed by atoms with Crippen molar-refractivity contribution in [2.45, 2.75) is 13.3 Å². The van der Waals surface area contributed by atoms with Gasteiger partial charge in [0.05, 0.1) is 18.8 Å². The summed E-state index contributed by atoms with van der Waals surface area (Å²) in [5, 5.41) is 0. The van der Waals surface area contributed by atoms with Crippen molar-refractivity contribution in [3.63, 3.8) is 0 Å². The molecule has 0 saturated heterocycles. The highest BCUT2D eigenvalue weighted by Crippen LogP contribution is 2.03. The van der Waals surface area contributed by atoms with E-state index in [0.29, 0.717) is 18.8 Å². The van der Waals surface area contributed by atoms with Crippen LogP contribution in [0.3, 0.4) is 0 Å². The lowest BCUT2D eigenvalue weighted by Gasteiger charge is -2.02. The number of carbonyl (C=O) groups is 2. The highest BCUT2D eigenvalue weighted by atomic mass is 16.5. The lowest BCUT2D eigenvalue weighted by molar-refractivity contribution is -0.137. The summed E-state index contributed by atoms with van der Waals surface area (Å²) in [7, 11) is 0. The summed E-state index contributed by atoms with van der Waals surface area (Å²) in [5.41, 5.74) is 2.76. The minimum absolute atomic E-state index is 0.256. The SMILES string of the molecule is CCOC(=O)c1ccccc1.O=C(/C=C/c1ccccc1)OCCc1ccccc1. The van der Waals surface area contributed by atoms with Gasteiger partial charge in [-0.05, 0) is 36.3 Å². The molecule has 0 spiro atoms. The molecule has 0 radical (unpaired) electrons. The van der Waals surface area contributed by atoms with Gasteiger partial charge in [0, 0.05) is 12.5 Å². The number of hydrogen-bond acceptors (Lipinski definition) is 4. The highest BCUT2D eigenvalue weighted by molar-refractivity contribution is 5.89.